The SMILES string of the molecule is COC(C)(C)C.O.O=S(=O)(O)O.OO. The molecule has 0 aromatic rings. The zero-order chi connectivity index (χ0) is 11.7. The molecule has 0 unspecified atom stereocenters. The molecule has 0 rings (SSSR count). The molecule has 14 heavy (non-hydrogen) atoms. The minimum absolute atomic E-state index is 0. The Hall–Kier alpha value is -0.290. The molecular formula is C5H18O8S. The van der Waals surface area contributed by atoms with E-state index in [0.717, 1.165) is 0 Å². The summed E-state index contributed by atoms with van der Waals surface area (Å²) in [5.41, 5.74) is 0.0417. The predicted molar refractivity (Wildman–Crippen MR) is 49.8 cm³/mol. The number of hydrogen-bond acceptors (Lipinski definition) is 5. The Bertz CT molecular complexity index is 170. The summed E-state index contributed by atoms with van der Waals surface area (Å²) in [7, 11) is -2.96. The number of ether oxygens (including phenoxy) is 1. The smallest absolute Gasteiger partial charge is 0.394 e. The Labute approximate surface area is 83.0 Å². The first-order chi connectivity index (χ1) is 5.56. The Kier molecular flexibility index (Phi) is 18.1. The van der Waals surface area contributed by atoms with Crippen LogP contribution in [0.25, 0.3) is 0 Å². The third kappa shape index (κ3) is 183. The molecule has 0 aliphatic carbocycles. The molecule has 0 atom stereocenters. The summed E-state index contributed by atoms with van der Waals surface area (Å²) in [5.74, 6) is 0. The van der Waals surface area contributed by atoms with Crippen LogP contribution in [0.1, 0.15) is 20.8 Å². The van der Waals surface area contributed by atoms with Gasteiger partial charge in [0.2, 0.25) is 0 Å². The van der Waals surface area contributed by atoms with Gasteiger partial charge in [0.05, 0.1) is 5.60 Å². The second kappa shape index (κ2) is 10.8. The van der Waals surface area contributed by atoms with Gasteiger partial charge in [0.15, 0.2) is 0 Å². The van der Waals surface area contributed by atoms with Gasteiger partial charge in [-0.3, -0.25) is 19.6 Å². The van der Waals surface area contributed by atoms with E-state index in [4.69, 9.17) is 32.8 Å². The van der Waals surface area contributed by atoms with Crippen LogP contribution in [-0.4, -0.2) is 46.2 Å². The van der Waals surface area contributed by atoms with Crippen LogP contribution in [0.5, 0.6) is 0 Å². The lowest BCUT2D eigenvalue weighted by molar-refractivity contribution is -0.176. The van der Waals surface area contributed by atoms with Gasteiger partial charge < -0.3 is 10.2 Å². The predicted octanol–water partition coefficient (Wildman–Crippen LogP) is -0.0288. The first-order valence-electron chi connectivity index (χ1n) is 3.01. The fourth-order valence-electron chi connectivity index (χ4n) is 0. The van der Waals surface area contributed by atoms with Crippen LogP contribution >= 0.6 is 0 Å². The standard InChI is InChI=1S/C5H12O.H2O4S.H2O2.H2O/c1-5(2,3)6-4;1-5(2,3)4;1-2;/h1-4H3;(H2,1,2,3,4);1-2H;1H2. The second-order valence-electron chi connectivity index (χ2n) is 2.76. The molecule has 9 heteroatoms. The van der Waals surface area contributed by atoms with E-state index in [-0.39, 0.29) is 11.1 Å². The molecule has 0 heterocycles. The maximum absolute atomic E-state index is 8.74. The number of hydrogen-bond donors (Lipinski definition) is 4. The van der Waals surface area contributed by atoms with Crippen molar-refractivity contribution in [2.75, 3.05) is 7.11 Å². The Morgan fingerprint density at radius 1 is 1.07 bits per heavy atom. The van der Waals surface area contributed by atoms with Crippen LogP contribution < -0.4 is 0 Å². The molecule has 0 amide bonds. The topological polar surface area (TPSA) is 156 Å². The fraction of sp³-hybridized carbons (Fsp3) is 1.00. The zero-order valence-electron chi connectivity index (χ0n) is 8.42. The minimum atomic E-state index is -4.67. The highest BCUT2D eigenvalue weighted by Crippen LogP contribution is 2.02. The van der Waals surface area contributed by atoms with Crippen molar-refractivity contribution < 1.29 is 38.3 Å². The molecule has 0 saturated carbocycles. The van der Waals surface area contributed by atoms with Gasteiger partial charge in [-0.15, -0.1) is 0 Å². The van der Waals surface area contributed by atoms with Crippen molar-refractivity contribution in [3.63, 3.8) is 0 Å². The zero-order valence-corrected chi connectivity index (χ0v) is 9.24. The summed E-state index contributed by atoms with van der Waals surface area (Å²) in [5, 5.41) is 12.0. The Balaban J connectivity index is -0.0000000576. The van der Waals surface area contributed by atoms with Crippen molar-refractivity contribution >= 4 is 10.4 Å². The van der Waals surface area contributed by atoms with Gasteiger partial charge in [-0.25, -0.2) is 0 Å². The van der Waals surface area contributed by atoms with Gasteiger partial charge in [0, 0.05) is 7.11 Å². The molecule has 0 spiro atoms. The monoisotopic (exact) mass is 238 g/mol. The average Bonchev–Trinajstić information content (AvgIpc) is 1.87. The van der Waals surface area contributed by atoms with Gasteiger partial charge in [0.1, 0.15) is 0 Å². The molecular weight excluding hydrogens is 220 g/mol. The van der Waals surface area contributed by atoms with Crippen LogP contribution in [0.15, 0.2) is 0 Å². The lowest BCUT2D eigenvalue weighted by atomic mass is 10.2. The molecule has 0 radical (unpaired) electrons. The molecule has 0 aliphatic rings. The van der Waals surface area contributed by atoms with Crippen molar-refractivity contribution in [1.29, 1.82) is 0 Å². The summed E-state index contributed by atoms with van der Waals surface area (Å²) < 4.78 is 36.5. The van der Waals surface area contributed by atoms with E-state index in [1.54, 1.807) is 7.11 Å². The molecule has 0 saturated heterocycles. The lowest BCUT2D eigenvalue weighted by Crippen LogP contribution is -2.15. The highest BCUT2D eigenvalue weighted by Gasteiger charge is 2.03. The van der Waals surface area contributed by atoms with Crippen LogP contribution in [0, 0.1) is 0 Å². The van der Waals surface area contributed by atoms with Crippen LogP contribution in [0.4, 0.5) is 0 Å². The van der Waals surface area contributed by atoms with Gasteiger partial charge in [0.25, 0.3) is 0 Å². The van der Waals surface area contributed by atoms with Crippen molar-refractivity contribution in [3.05, 3.63) is 0 Å². The number of methoxy groups -OCH3 is 1. The van der Waals surface area contributed by atoms with E-state index in [1.807, 2.05) is 20.8 Å². The first kappa shape index (κ1) is 23.5. The average molecular weight is 238 g/mol. The number of rotatable bonds is 0. The first-order valence-corrected chi connectivity index (χ1v) is 4.41. The minimum Gasteiger partial charge on any atom is -0.412 e. The Morgan fingerprint density at radius 3 is 1.14 bits per heavy atom. The van der Waals surface area contributed by atoms with Crippen molar-refractivity contribution in [1.82, 2.24) is 0 Å². The molecule has 0 aliphatic heterocycles. The summed E-state index contributed by atoms with van der Waals surface area (Å²) in [4.78, 5) is 0. The maximum atomic E-state index is 8.74. The van der Waals surface area contributed by atoms with E-state index >= 15 is 0 Å². The van der Waals surface area contributed by atoms with E-state index in [0.29, 0.717) is 0 Å². The van der Waals surface area contributed by atoms with Crippen LogP contribution in [0.2, 0.25) is 0 Å². The lowest BCUT2D eigenvalue weighted by Gasteiger charge is -2.14. The van der Waals surface area contributed by atoms with Crippen molar-refractivity contribution in [3.8, 4) is 0 Å². The third-order valence-corrected chi connectivity index (χ3v) is 0.612. The second-order valence-corrected chi connectivity index (χ2v) is 3.66. The third-order valence-electron chi connectivity index (χ3n) is 0.612. The highest BCUT2D eigenvalue weighted by atomic mass is 32.3. The molecule has 92 valence electrons. The van der Waals surface area contributed by atoms with Crippen molar-refractivity contribution in [2.24, 2.45) is 0 Å². The molecule has 6 N–H and O–H groups in total. The quantitative estimate of drug-likeness (QED) is 0.262. The van der Waals surface area contributed by atoms with Gasteiger partial charge in [-0.2, -0.15) is 8.42 Å². The van der Waals surface area contributed by atoms with Crippen LogP contribution in [0.3, 0.4) is 0 Å². The maximum Gasteiger partial charge on any atom is 0.394 e. The molecule has 8 nitrogen and oxygen atoms in total. The molecule has 0 fully saturated rings. The van der Waals surface area contributed by atoms with E-state index in [9.17, 15) is 0 Å². The van der Waals surface area contributed by atoms with Crippen molar-refractivity contribution in [2.45, 2.75) is 26.4 Å². The normalized spacial score (nSPS) is 9.71. The summed E-state index contributed by atoms with van der Waals surface area (Å²) >= 11 is 0. The Morgan fingerprint density at radius 2 is 1.14 bits per heavy atom. The van der Waals surface area contributed by atoms with E-state index in [1.165, 1.54) is 0 Å². The summed E-state index contributed by atoms with van der Waals surface area (Å²) in [6.45, 7) is 6.06. The summed E-state index contributed by atoms with van der Waals surface area (Å²) in [6.07, 6.45) is 0. The van der Waals surface area contributed by atoms with E-state index < -0.39 is 10.4 Å². The largest absolute Gasteiger partial charge is 0.412 e. The van der Waals surface area contributed by atoms with Gasteiger partial charge in [-0.05, 0) is 20.8 Å². The summed E-state index contributed by atoms with van der Waals surface area (Å²) in [6, 6.07) is 0. The molecule has 0 bridgehead atoms. The molecule has 0 aromatic carbocycles. The van der Waals surface area contributed by atoms with Gasteiger partial charge in [-0.1, -0.05) is 0 Å². The molecule has 0 aromatic heterocycles. The fourth-order valence-corrected chi connectivity index (χ4v) is 0. The highest BCUT2D eigenvalue weighted by molar-refractivity contribution is 7.79. The van der Waals surface area contributed by atoms with Crippen LogP contribution in [-0.2, 0) is 15.1 Å². The van der Waals surface area contributed by atoms with Gasteiger partial charge >= 0.3 is 10.4 Å². The van der Waals surface area contributed by atoms with E-state index in [2.05, 4.69) is 0 Å².